The van der Waals surface area contributed by atoms with Crippen LogP contribution in [0.4, 0.5) is 11.6 Å². The molecule has 169 valence electrons. The van der Waals surface area contributed by atoms with Gasteiger partial charge in [0.1, 0.15) is 11.5 Å². The van der Waals surface area contributed by atoms with Gasteiger partial charge in [-0.1, -0.05) is 11.6 Å². The Hall–Kier alpha value is -3.13. The summed E-state index contributed by atoms with van der Waals surface area (Å²) in [6.07, 6.45) is 5.39. The summed E-state index contributed by atoms with van der Waals surface area (Å²) in [6.45, 7) is 1.52. The zero-order valence-corrected chi connectivity index (χ0v) is 19.3. The summed E-state index contributed by atoms with van der Waals surface area (Å²) in [5, 5.41) is 4.28. The summed E-state index contributed by atoms with van der Waals surface area (Å²) in [5.74, 6) is 2.27. The number of hydrogen-bond donors (Lipinski definition) is 1. The van der Waals surface area contributed by atoms with Crippen LogP contribution >= 0.6 is 11.6 Å². The van der Waals surface area contributed by atoms with E-state index in [1.165, 1.54) is 0 Å². The van der Waals surface area contributed by atoms with E-state index in [0.29, 0.717) is 29.2 Å². The highest BCUT2D eigenvalue weighted by Gasteiger charge is 2.32. The minimum Gasteiger partial charge on any atom is -0.457 e. The fourth-order valence-electron chi connectivity index (χ4n) is 4.36. The highest BCUT2D eigenvalue weighted by molar-refractivity contribution is 6.30. The molecule has 0 aliphatic carbocycles. The Bertz CT molecular complexity index is 1230. The fraction of sp³-hybridized carbons (Fsp3) is 0.280. The Labute approximate surface area is 197 Å². The third-order valence-corrected chi connectivity index (χ3v) is 6.16. The Morgan fingerprint density at radius 3 is 2.79 bits per heavy atom. The second-order valence-electron chi connectivity index (χ2n) is 8.14. The number of pyridine rings is 1. The highest BCUT2D eigenvalue weighted by atomic mass is 35.5. The van der Waals surface area contributed by atoms with Crippen LogP contribution in [-0.4, -0.2) is 46.9 Å². The molecule has 1 aliphatic heterocycles. The first kappa shape index (κ1) is 21.7. The van der Waals surface area contributed by atoms with E-state index in [1.807, 2.05) is 49.5 Å². The first-order chi connectivity index (χ1) is 16.1. The van der Waals surface area contributed by atoms with Gasteiger partial charge >= 0.3 is 0 Å². The van der Waals surface area contributed by atoms with Crippen molar-refractivity contribution in [2.24, 2.45) is 7.05 Å². The molecule has 2 aromatic heterocycles. The van der Waals surface area contributed by atoms with Crippen molar-refractivity contribution in [3.05, 3.63) is 72.0 Å². The van der Waals surface area contributed by atoms with Gasteiger partial charge in [0.25, 0.3) is 0 Å². The Morgan fingerprint density at radius 1 is 1.18 bits per heavy atom. The van der Waals surface area contributed by atoms with E-state index in [1.54, 1.807) is 25.4 Å². The number of rotatable bonds is 7. The number of nitrogens with zero attached hydrogens (tertiary/aromatic N) is 4. The van der Waals surface area contributed by atoms with Crippen LogP contribution in [-0.2, 0) is 11.8 Å². The van der Waals surface area contributed by atoms with E-state index in [9.17, 15) is 0 Å². The highest BCUT2D eigenvalue weighted by Crippen LogP contribution is 2.34. The minimum atomic E-state index is 0.227. The monoisotopic (exact) mass is 462 g/mol. The molecular formula is C25H25ClN5O2. The average Bonchev–Trinajstić information content (AvgIpc) is 3.41. The van der Waals surface area contributed by atoms with Crippen molar-refractivity contribution < 1.29 is 9.47 Å². The molecule has 2 aromatic carbocycles. The lowest BCUT2D eigenvalue weighted by Gasteiger charge is -2.30. The molecule has 1 radical (unpaired) electrons. The summed E-state index contributed by atoms with van der Waals surface area (Å²) >= 11 is 6.18. The maximum absolute atomic E-state index is 6.18. The second kappa shape index (κ2) is 9.39. The number of fused-ring (bicyclic) bond motifs is 1. The fourth-order valence-corrected chi connectivity index (χ4v) is 4.49. The van der Waals surface area contributed by atoms with Gasteiger partial charge in [0.15, 0.2) is 0 Å². The van der Waals surface area contributed by atoms with Crippen LogP contribution in [0.15, 0.2) is 60.8 Å². The summed E-state index contributed by atoms with van der Waals surface area (Å²) in [6, 6.07) is 17.9. The van der Waals surface area contributed by atoms with Crippen LogP contribution in [0.25, 0.3) is 11.0 Å². The van der Waals surface area contributed by atoms with Crippen molar-refractivity contribution >= 4 is 34.3 Å². The molecule has 0 saturated carbocycles. The molecule has 1 N–H and O–H groups in total. The number of anilines is 2. The third kappa shape index (κ3) is 4.53. The molecule has 1 saturated heterocycles. The van der Waals surface area contributed by atoms with E-state index < -0.39 is 0 Å². The molecule has 0 bridgehead atoms. The number of benzene rings is 2. The zero-order valence-electron chi connectivity index (χ0n) is 18.5. The molecule has 4 aromatic rings. The first-order valence-electron chi connectivity index (χ1n) is 10.9. The van der Waals surface area contributed by atoms with Gasteiger partial charge in [0.05, 0.1) is 29.9 Å². The Balaban J connectivity index is 1.52. The van der Waals surface area contributed by atoms with Gasteiger partial charge in [0.2, 0.25) is 5.95 Å². The topological polar surface area (TPSA) is 64.4 Å². The van der Waals surface area contributed by atoms with E-state index in [4.69, 9.17) is 26.1 Å². The number of aromatic nitrogens is 3. The summed E-state index contributed by atoms with van der Waals surface area (Å²) < 4.78 is 13.5. The molecule has 3 heterocycles. The Morgan fingerprint density at radius 2 is 2.03 bits per heavy atom. The molecule has 0 amide bonds. The van der Waals surface area contributed by atoms with Crippen LogP contribution in [0.5, 0.6) is 11.5 Å². The van der Waals surface area contributed by atoms with Gasteiger partial charge in [0, 0.05) is 55.8 Å². The normalized spacial score (nSPS) is 18.0. The predicted molar refractivity (Wildman–Crippen MR) is 130 cm³/mol. The standard InChI is InChI=1S/C25H25ClN5O2/c1-30-24-8-7-22(33-21-9-11-27-12-10-21)14-23(24)29-25(30)31(19-5-3-17(26)4-6-19)20-13-18(16-32-2)28-15-20/h3-11,14,18,20,28H,13,15-16H2,1-2H3/t18-,20-/m1/s1. The van der Waals surface area contributed by atoms with Crippen LogP contribution in [0.2, 0.25) is 5.02 Å². The second-order valence-corrected chi connectivity index (χ2v) is 8.58. The summed E-state index contributed by atoms with van der Waals surface area (Å²) in [7, 11) is 3.78. The number of imidazole rings is 1. The van der Waals surface area contributed by atoms with Gasteiger partial charge in [-0.25, -0.2) is 4.98 Å². The average molecular weight is 463 g/mol. The molecule has 5 rings (SSSR count). The van der Waals surface area contributed by atoms with E-state index in [-0.39, 0.29) is 6.04 Å². The number of ether oxygens (including phenoxy) is 2. The van der Waals surface area contributed by atoms with Crippen molar-refractivity contribution in [2.45, 2.75) is 18.5 Å². The third-order valence-electron chi connectivity index (χ3n) is 5.91. The molecule has 0 spiro atoms. The molecule has 1 fully saturated rings. The van der Waals surface area contributed by atoms with Crippen LogP contribution in [0, 0.1) is 6.20 Å². The number of methoxy groups -OCH3 is 1. The van der Waals surface area contributed by atoms with Gasteiger partial charge in [-0.05, 0) is 48.9 Å². The molecule has 8 heteroatoms. The van der Waals surface area contributed by atoms with Crippen LogP contribution in [0.1, 0.15) is 6.42 Å². The smallest absolute Gasteiger partial charge is 0.211 e. The lowest BCUT2D eigenvalue weighted by molar-refractivity contribution is 0.173. The van der Waals surface area contributed by atoms with Crippen LogP contribution < -0.4 is 15.0 Å². The van der Waals surface area contributed by atoms with Gasteiger partial charge < -0.3 is 24.3 Å². The number of halogens is 1. The van der Waals surface area contributed by atoms with Crippen LogP contribution in [0.3, 0.4) is 0 Å². The molecule has 33 heavy (non-hydrogen) atoms. The minimum absolute atomic E-state index is 0.227. The molecule has 2 atom stereocenters. The predicted octanol–water partition coefficient (Wildman–Crippen LogP) is 4.73. The SMILES string of the molecule is COC[C@H]1C[C@@H](N(c2ccc(Cl)cc2)c2nc3cc(Oc4c[c]ncc4)ccc3n2C)CN1. The van der Waals surface area contributed by atoms with Gasteiger partial charge in [-0.15, -0.1) is 0 Å². The zero-order chi connectivity index (χ0) is 22.8. The quantitative estimate of drug-likeness (QED) is 0.428. The van der Waals surface area contributed by atoms with Crippen molar-refractivity contribution in [1.82, 2.24) is 19.9 Å². The van der Waals surface area contributed by atoms with E-state index in [0.717, 1.165) is 35.6 Å². The lowest BCUT2D eigenvalue weighted by Crippen LogP contribution is -2.34. The summed E-state index contributed by atoms with van der Waals surface area (Å²) in [5.41, 5.74) is 2.94. The Kier molecular flexibility index (Phi) is 6.17. The molecule has 7 nitrogen and oxygen atoms in total. The van der Waals surface area contributed by atoms with Gasteiger partial charge in [-0.3, -0.25) is 4.98 Å². The molecule has 0 unspecified atom stereocenters. The van der Waals surface area contributed by atoms with Crippen molar-refractivity contribution in [2.75, 3.05) is 25.2 Å². The maximum Gasteiger partial charge on any atom is 0.211 e. The van der Waals surface area contributed by atoms with E-state index >= 15 is 0 Å². The lowest BCUT2D eigenvalue weighted by atomic mass is 10.1. The number of nitrogens with one attached hydrogen (secondary N) is 1. The largest absolute Gasteiger partial charge is 0.457 e. The summed E-state index contributed by atoms with van der Waals surface area (Å²) in [4.78, 5) is 11.2. The number of hydrogen-bond acceptors (Lipinski definition) is 6. The van der Waals surface area contributed by atoms with Crippen molar-refractivity contribution in [1.29, 1.82) is 0 Å². The maximum atomic E-state index is 6.18. The molecule has 1 aliphatic rings. The first-order valence-corrected chi connectivity index (χ1v) is 11.2. The van der Waals surface area contributed by atoms with Crippen molar-refractivity contribution in [3.8, 4) is 11.5 Å². The van der Waals surface area contributed by atoms with Crippen molar-refractivity contribution in [3.63, 3.8) is 0 Å². The molecular weight excluding hydrogens is 438 g/mol. The van der Waals surface area contributed by atoms with E-state index in [2.05, 4.69) is 26.0 Å². The number of aryl methyl sites for hydroxylation is 1. The van der Waals surface area contributed by atoms with Gasteiger partial charge in [-0.2, -0.15) is 0 Å².